The Hall–Kier alpha value is -2.50. The topological polar surface area (TPSA) is 63.8 Å². The second-order valence-electron chi connectivity index (χ2n) is 4.86. The molecule has 0 radical (unpaired) electrons. The van der Waals surface area contributed by atoms with E-state index in [4.69, 9.17) is 4.52 Å². The van der Waals surface area contributed by atoms with Gasteiger partial charge in [0.1, 0.15) is 23.7 Å². The van der Waals surface area contributed by atoms with Gasteiger partial charge in [-0.15, -0.1) is 0 Å². The molecular formula is C15H15FN4O. The molecule has 6 heteroatoms. The van der Waals surface area contributed by atoms with Crippen LogP contribution in [0, 0.1) is 19.7 Å². The highest BCUT2D eigenvalue weighted by Gasteiger charge is 2.09. The zero-order valence-corrected chi connectivity index (χ0v) is 11.9. The Kier molecular flexibility index (Phi) is 3.51. The standard InChI is InChI=1S/C15H15FN4O/c1-9-12(10(2)21-20-9)5-6-17-15-13-7-11(16)3-4-14(13)18-8-19-15/h3-4,7-8H,5-6H2,1-2H3,(H,17,18,19). The van der Waals surface area contributed by atoms with E-state index in [2.05, 4.69) is 20.4 Å². The molecule has 3 rings (SSSR count). The Balaban J connectivity index is 1.78. The van der Waals surface area contributed by atoms with Gasteiger partial charge in [-0.2, -0.15) is 0 Å². The first kappa shape index (κ1) is 13.5. The predicted octanol–water partition coefficient (Wildman–Crippen LogP) is 3.03. The SMILES string of the molecule is Cc1noc(C)c1CCNc1ncnc2ccc(F)cc12. The van der Waals surface area contributed by atoms with E-state index in [0.29, 0.717) is 23.3 Å². The van der Waals surface area contributed by atoms with Crippen molar-refractivity contribution in [1.29, 1.82) is 0 Å². The minimum absolute atomic E-state index is 0.300. The van der Waals surface area contributed by atoms with Gasteiger partial charge in [0, 0.05) is 17.5 Å². The van der Waals surface area contributed by atoms with Gasteiger partial charge in [-0.05, 0) is 38.5 Å². The molecule has 1 aromatic carbocycles. The van der Waals surface area contributed by atoms with Gasteiger partial charge >= 0.3 is 0 Å². The number of nitrogens with one attached hydrogen (secondary N) is 1. The van der Waals surface area contributed by atoms with E-state index in [9.17, 15) is 4.39 Å². The fourth-order valence-electron chi connectivity index (χ4n) is 2.33. The summed E-state index contributed by atoms with van der Waals surface area (Å²) in [4.78, 5) is 8.31. The lowest BCUT2D eigenvalue weighted by Crippen LogP contribution is -2.08. The summed E-state index contributed by atoms with van der Waals surface area (Å²) in [5, 5.41) is 7.82. The van der Waals surface area contributed by atoms with E-state index in [1.165, 1.54) is 18.5 Å². The molecule has 3 aromatic rings. The van der Waals surface area contributed by atoms with Crippen molar-refractivity contribution in [2.75, 3.05) is 11.9 Å². The van der Waals surface area contributed by atoms with Crippen LogP contribution in [0.1, 0.15) is 17.0 Å². The molecule has 0 spiro atoms. The Morgan fingerprint density at radius 1 is 1.24 bits per heavy atom. The third-order valence-electron chi connectivity index (χ3n) is 3.45. The maximum Gasteiger partial charge on any atom is 0.137 e. The van der Waals surface area contributed by atoms with Gasteiger partial charge in [0.25, 0.3) is 0 Å². The van der Waals surface area contributed by atoms with Crippen molar-refractivity contribution in [2.24, 2.45) is 0 Å². The van der Waals surface area contributed by atoms with Crippen molar-refractivity contribution in [3.8, 4) is 0 Å². The number of nitrogens with zero attached hydrogens (tertiary/aromatic N) is 3. The minimum atomic E-state index is -0.300. The number of fused-ring (bicyclic) bond motifs is 1. The van der Waals surface area contributed by atoms with Gasteiger partial charge in [0.2, 0.25) is 0 Å². The molecule has 0 aliphatic rings. The van der Waals surface area contributed by atoms with Crippen LogP contribution in [0.2, 0.25) is 0 Å². The van der Waals surface area contributed by atoms with Crippen LogP contribution in [0.3, 0.4) is 0 Å². The van der Waals surface area contributed by atoms with Crippen LogP contribution in [0.25, 0.3) is 10.9 Å². The van der Waals surface area contributed by atoms with E-state index in [1.807, 2.05) is 13.8 Å². The molecule has 21 heavy (non-hydrogen) atoms. The molecule has 0 atom stereocenters. The highest BCUT2D eigenvalue weighted by atomic mass is 19.1. The van der Waals surface area contributed by atoms with Crippen molar-refractivity contribution in [3.05, 3.63) is 47.4 Å². The molecule has 0 aliphatic carbocycles. The monoisotopic (exact) mass is 286 g/mol. The molecule has 1 N–H and O–H groups in total. The zero-order chi connectivity index (χ0) is 14.8. The Morgan fingerprint density at radius 2 is 2.10 bits per heavy atom. The summed E-state index contributed by atoms with van der Waals surface area (Å²) < 4.78 is 18.5. The Morgan fingerprint density at radius 3 is 2.86 bits per heavy atom. The maximum absolute atomic E-state index is 13.4. The number of benzene rings is 1. The summed E-state index contributed by atoms with van der Waals surface area (Å²) in [6.45, 7) is 4.47. The van der Waals surface area contributed by atoms with E-state index in [0.717, 1.165) is 23.4 Å². The first-order chi connectivity index (χ1) is 10.1. The zero-order valence-electron chi connectivity index (χ0n) is 11.9. The van der Waals surface area contributed by atoms with Gasteiger partial charge in [-0.3, -0.25) is 0 Å². The fraction of sp³-hybridized carbons (Fsp3) is 0.267. The van der Waals surface area contributed by atoms with Crippen molar-refractivity contribution >= 4 is 16.7 Å². The summed E-state index contributed by atoms with van der Waals surface area (Å²) in [6.07, 6.45) is 2.24. The van der Waals surface area contributed by atoms with Crippen LogP contribution in [0.4, 0.5) is 10.2 Å². The quantitative estimate of drug-likeness (QED) is 0.798. The van der Waals surface area contributed by atoms with Crippen molar-refractivity contribution in [2.45, 2.75) is 20.3 Å². The lowest BCUT2D eigenvalue weighted by molar-refractivity contribution is 0.392. The van der Waals surface area contributed by atoms with Crippen LogP contribution in [0.15, 0.2) is 29.0 Å². The summed E-state index contributed by atoms with van der Waals surface area (Å²) in [6, 6.07) is 4.47. The van der Waals surface area contributed by atoms with Crippen LogP contribution >= 0.6 is 0 Å². The summed E-state index contributed by atoms with van der Waals surface area (Å²) >= 11 is 0. The van der Waals surface area contributed by atoms with E-state index < -0.39 is 0 Å². The fourth-order valence-corrected chi connectivity index (χ4v) is 2.33. The summed E-state index contributed by atoms with van der Waals surface area (Å²) in [5.74, 6) is 1.16. The summed E-state index contributed by atoms with van der Waals surface area (Å²) in [7, 11) is 0. The normalized spacial score (nSPS) is 11.0. The predicted molar refractivity (Wildman–Crippen MR) is 77.7 cm³/mol. The van der Waals surface area contributed by atoms with Crippen LogP contribution in [-0.2, 0) is 6.42 Å². The van der Waals surface area contributed by atoms with Gasteiger partial charge in [-0.1, -0.05) is 5.16 Å². The van der Waals surface area contributed by atoms with Crippen molar-refractivity contribution < 1.29 is 8.91 Å². The molecule has 0 saturated heterocycles. The second kappa shape index (κ2) is 5.47. The molecule has 0 saturated carbocycles. The lowest BCUT2D eigenvalue weighted by Gasteiger charge is -2.08. The molecule has 108 valence electrons. The van der Waals surface area contributed by atoms with E-state index in [1.54, 1.807) is 6.07 Å². The molecular weight excluding hydrogens is 271 g/mol. The average molecular weight is 286 g/mol. The van der Waals surface area contributed by atoms with Crippen LogP contribution < -0.4 is 5.32 Å². The van der Waals surface area contributed by atoms with Gasteiger partial charge in [0.15, 0.2) is 0 Å². The minimum Gasteiger partial charge on any atom is -0.369 e. The number of aryl methyl sites for hydroxylation is 2. The lowest BCUT2D eigenvalue weighted by atomic mass is 10.1. The third kappa shape index (κ3) is 2.69. The van der Waals surface area contributed by atoms with E-state index >= 15 is 0 Å². The number of hydrogen-bond donors (Lipinski definition) is 1. The van der Waals surface area contributed by atoms with E-state index in [-0.39, 0.29) is 5.82 Å². The highest BCUT2D eigenvalue weighted by Crippen LogP contribution is 2.20. The Bertz CT molecular complexity index is 765. The molecule has 2 heterocycles. The van der Waals surface area contributed by atoms with Crippen molar-refractivity contribution in [3.63, 3.8) is 0 Å². The average Bonchev–Trinajstić information content (AvgIpc) is 2.79. The van der Waals surface area contributed by atoms with Gasteiger partial charge < -0.3 is 9.84 Å². The first-order valence-corrected chi connectivity index (χ1v) is 6.71. The largest absolute Gasteiger partial charge is 0.369 e. The number of anilines is 1. The molecule has 2 aromatic heterocycles. The number of rotatable bonds is 4. The Labute approximate surface area is 121 Å². The number of halogens is 1. The van der Waals surface area contributed by atoms with Crippen molar-refractivity contribution in [1.82, 2.24) is 15.1 Å². The molecule has 0 amide bonds. The molecule has 0 unspecified atom stereocenters. The van der Waals surface area contributed by atoms with Gasteiger partial charge in [0.05, 0.1) is 11.2 Å². The van der Waals surface area contributed by atoms with Gasteiger partial charge in [-0.25, -0.2) is 14.4 Å². The maximum atomic E-state index is 13.4. The molecule has 5 nitrogen and oxygen atoms in total. The summed E-state index contributed by atoms with van der Waals surface area (Å²) in [5.41, 5.74) is 2.70. The van der Waals surface area contributed by atoms with Crippen LogP contribution in [-0.4, -0.2) is 21.7 Å². The molecule has 0 aliphatic heterocycles. The number of aromatic nitrogens is 3. The van der Waals surface area contributed by atoms with Crippen LogP contribution in [0.5, 0.6) is 0 Å². The smallest absolute Gasteiger partial charge is 0.137 e. The third-order valence-corrected chi connectivity index (χ3v) is 3.45. The second-order valence-corrected chi connectivity index (χ2v) is 4.86. The highest BCUT2D eigenvalue weighted by molar-refractivity contribution is 5.88. The molecule has 0 bridgehead atoms. The molecule has 0 fully saturated rings. The number of hydrogen-bond acceptors (Lipinski definition) is 5. The first-order valence-electron chi connectivity index (χ1n) is 6.71.